The number of halogens is 1. The van der Waals surface area contributed by atoms with Gasteiger partial charge >= 0.3 is 0 Å². The summed E-state index contributed by atoms with van der Waals surface area (Å²) >= 11 is 3.23. The molecule has 0 saturated carbocycles. The van der Waals surface area contributed by atoms with Crippen LogP contribution in [0.5, 0.6) is 5.88 Å². The Morgan fingerprint density at radius 3 is 2.86 bits per heavy atom. The van der Waals surface area contributed by atoms with E-state index in [0.29, 0.717) is 15.9 Å². The van der Waals surface area contributed by atoms with Gasteiger partial charge in [-0.05, 0) is 22.9 Å². The number of carbonyl (C=O) groups is 1. The lowest BCUT2D eigenvalue weighted by Gasteiger charge is -2.07. The van der Waals surface area contributed by atoms with Gasteiger partial charge in [0.25, 0.3) is 0 Å². The fraction of sp³-hybridized carbons (Fsp3) is 0.333. The molecular formula is C9H11BrN2O2. The van der Waals surface area contributed by atoms with Crippen LogP contribution in [0.15, 0.2) is 16.7 Å². The Kier molecular flexibility index (Phi) is 3.60. The Bertz CT molecular complexity index is 353. The highest BCUT2D eigenvalue weighted by Gasteiger charge is 2.15. The molecular weight excluding hydrogens is 248 g/mol. The van der Waals surface area contributed by atoms with E-state index in [1.54, 1.807) is 13.0 Å². The highest BCUT2D eigenvalue weighted by Crippen LogP contribution is 2.20. The van der Waals surface area contributed by atoms with Crippen molar-refractivity contribution in [2.45, 2.75) is 13.0 Å². The third-order valence-electron chi connectivity index (χ3n) is 1.72. The number of rotatable bonds is 3. The molecule has 0 spiro atoms. The predicted octanol–water partition coefficient (Wildman–Crippen LogP) is 1.38. The van der Waals surface area contributed by atoms with Gasteiger partial charge in [0, 0.05) is 22.3 Å². The van der Waals surface area contributed by atoms with Gasteiger partial charge in [-0.2, -0.15) is 0 Å². The van der Waals surface area contributed by atoms with Crippen molar-refractivity contribution in [1.29, 1.82) is 0 Å². The molecule has 76 valence electrons. The number of hydrogen-bond acceptors (Lipinski definition) is 4. The number of aromatic nitrogens is 1. The summed E-state index contributed by atoms with van der Waals surface area (Å²) in [5.41, 5.74) is 5.99. The summed E-state index contributed by atoms with van der Waals surface area (Å²) in [7, 11) is 1.50. The third-order valence-corrected chi connectivity index (χ3v) is 2.35. The summed E-state index contributed by atoms with van der Waals surface area (Å²) in [4.78, 5) is 15.5. The number of ether oxygens (including phenoxy) is 1. The Hall–Kier alpha value is -0.940. The molecule has 5 heteroatoms. The standard InChI is InChI=1S/C9H11BrN2O2/c1-5(11)9(13)6-3-8(14-2)12-4-7(6)10/h3-5H,11H2,1-2H3. The van der Waals surface area contributed by atoms with Crippen molar-refractivity contribution in [1.82, 2.24) is 4.98 Å². The Balaban J connectivity index is 3.12. The quantitative estimate of drug-likeness (QED) is 0.833. The van der Waals surface area contributed by atoms with E-state index in [2.05, 4.69) is 20.9 Å². The van der Waals surface area contributed by atoms with Gasteiger partial charge in [0.2, 0.25) is 5.88 Å². The van der Waals surface area contributed by atoms with E-state index < -0.39 is 6.04 Å². The largest absolute Gasteiger partial charge is 0.481 e. The van der Waals surface area contributed by atoms with Crippen LogP contribution in [0.25, 0.3) is 0 Å². The monoisotopic (exact) mass is 258 g/mol. The molecule has 0 aromatic carbocycles. The highest BCUT2D eigenvalue weighted by atomic mass is 79.9. The van der Waals surface area contributed by atoms with Gasteiger partial charge in [-0.15, -0.1) is 0 Å². The van der Waals surface area contributed by atoms with Gasteiger partial charge in [0.15, 0.2) is 5.78 Å². The molecule has 0 aliphatic heterocycles. The average molecular weight is 259 g/mol. The number of pyridine rings is 1. The summed E-state index contributed by atoms with van der Waals surface area (Å²) < 4.78 is 5.54. The molecule has 1 rings (SSSR count). The molecule has 0 fully saturated rings. The van der Waals surface area contributed by atoms with E-state index in [1.165, 1.54) is 13.3 Å². The average Bonchev–Trinajstić information content (AvgIpc) is 2.17. The number of nitrogens with two attached hydrogens (primary N) is 1. The Morgan fingerprint density at radius 1 is 1.71 bits per heavy atom. The first-order chi connectivity index (χ1) is 6.56. The van der Waals surface area contributed by atoms with Gasteiger partial charge in [-0.3, -0.25) is 4.79 Å². The van der Waals surface area contributed by atoms with Crippen molar-refractivity contribution in [2.24, 2.45) is 5.73 Å². The summed E-state index contributed by atoms with van der Waals surface area (Å²) in [6.45, 7) is 1.64. The first-order valence-electron chi connectivity index (χ1n) is 4.05. The van der Waals surface area contributed by atoms with Crippen LogP contribution in [0.1, 0.15) is 17.3 Å². The smallest absolute Gasteiger partial charge is 0.213 e. The third kappa shape index (κ3) is 2.30. The fourth-order valence-electron chi connectivity index (χ4n) is 0.965. The van der Waals surface area contributed by atoms with Crippen LogP contribution in [0.3, 0.4) is 0 Å². The number of hydrogen-bond donors (Lipinski definition) is 1. The first-order valence-corrected chi connectivity index (χ1v) is 4.85. The summed E-state index contributed by atoms with van der Waals surface area (Å²) in [5, 5.41) is 0. The number of Topliss-reactive ketones (excluding diaryl/α,β-unsaturated/α-hetero) is 1. The van der Waals surface area contributed by atoms with E-state index in [-0.39, 0.29) is 5.78 Å². The molecule has 1 aromatic rings. The zero-order valence-electron chi connectivity index (χ0n) is 7.95. The number of nitrogens with zero attached hydrogens (tertiary/aromatic N) is 1. The Morgan fingerprint density at radius 2 is 2.36 bits per heavy atom. The van der Waals surface area contributed by atoms with E-state index in [4.69, 9.17) is 10.5 Å². The molecule has 0 bridgehead atoms. The predicted molar refractivity (Wildman–Crippen MR) is 56.5 cm³/mol. The topological polar surface area (TPSA) is 65.2 Å². The number of methoxy groups -OCH3 is 1. The summed E-state index contributed by atoms with van der Waals surface area (Å²) in [6.07, 6.45) is 1.52. The van der Waals surface area contributed by atoms with Crippen molar-refractivity contribution in [3.63, 3.8) is 0 Å². The molecule has 0 amide bonds. The second-order valence-electron chi connectivity index (χ2n) is 2.86. The highest BCUT2D eigenvalue weighted by molar-refractivity contribution is 9.10. The molecule has 0 aliphatic rings. The second kappa shape index (κ2) is 4.52. The van der Waals surface area contributed by atoms with Gasteiger partial charge in [-0.1, -0.05) is 0 Å². The van der Waals surface area contributed by atoms with Crippen LogP contribution in [-0.2, 0) is 0 Å². The maximum Gasteiger partial charge on any atom is 0.213 e. The van der Waals surface area contributed by atoms with Crippen LogP contribution in [0.4, 0.5) is 0 Å². The fourth-order valence-corrected chi connectivity index (χ4v) is 1.38. The molecule has 0 aliphatic carbocycles. The minimum atomic E-state index is -0.529. The normalized spacial score (nSPS) is 12.3. The lowest BCUT2D eigenvalue weighted by atomic mass is 10.1. The SMILES string of the molecule is COc1cc(C(=O)C(C)N)c(Br)cn1. The van der Waals surface area contributed by atoms with Crippen LogP contribution in [-0.4, -0.2) is 23.9 Å². The van der Waals surface area contributed by atoms with Crippen LogP contribution >= 0.6 is 15.9 Å². The second-order valence-corrected chi connectivity index (χ2v) is 3.71. The maximum absolute atomic E-state index is 11.6. The Labute approximate surface area is 90.6 Å². The molecule has 1 aromatic heterocycles. The van der Waals surface area contributed by atoms with Crippen LogP contribution in [0.2, 0.25) is 0 Å². The van der Waals surface area contributed by atoms with Crippen molar-refractivity contribution in [3.8, 4) is 5.88 Å². The van der Waals surface area contributed by atoms with E-state index >= 15 is 0 Å². The molecule has 14 heavy (non-hydrogen) atoms. The lowest BCUT2D eigenvalue weighted by Crippen LogP contribution is -2.27. The van der Waals surface area contributed by atoms with Gasteiger partial charge < -0.3 is 10.5 Å². The van der Waals surface area contributed by atoms with Crippen molar-refractivity contribution in [3.05, 3.63) is 22.3 Å². The van der Waals surface area contributed by atoms with Crippen LogP contribution < -0.4 is 10.5 Å². The van der Waals surface area contributed by atoms with E-state index in [0.717, 1.165) is 0 Å². The molecule has 1 unspecified atom stereocenters. The molecule has 1 atom stereocenters. The van der Waals surface area contributed by atoms with Gasteiger partial charge in [0.05, 0.1) is 13.2 Å². The zero-order chi connectivity index (χ0) is 10.7. The number of carbonyl (C=O) groups excluding carboxylic acids is 1. The van der Waals surface area contributed by atoms with Gasteiger partial charge in [0.1, 0.15) is 0 Å². The van der Waals surface area contributed by atoms with E-state index in [1.807, 2.05) is 0 Å². The molecule has 2 N–H and O–H groups in total. The zero-order valence-corrected chi connectivity index (χ0v) is 9.54. The molecule has 1 heterocycles. The summed E-state index contributed by atoms with van der Waals surface area (Å²) in [5.74, 6) is 0.259. The van der Waals surface area contributed by atoms with Gasteiger partial charge in [-0.25, -0.2) is 4.98 Å². The van der Waals surface area contributed by atoms with E-state index in [9.17, 15) is 4.79 Å². The van der Waals surface area contributed by atoms with Crippen molar-refractivity contribution in [2.75, 3.05) is 7.11 Å². The number of ketones is 1. The first kappa shape index (κ1) is 11.1. The molecule has 0 radical (unpaired) electrons. The summed E-state index contributed by atoms with van der Waals surface area (Å²) in [6, 6.07) is 1.04. The van der Waals surface area contributed by atoms with Crippen LogP contribution in [0, 0.1) is 0 Å². The molecule has 0 saturated heterocycles. The van der Waals surface area contributed by atoms with Crippen molar-refractivity contribution >= 4 is 21.7 Å². The van der Waals surface area contributed by atoms with Crippen molar-refractivity contribution < 1.29 is 9.53 Å². The minimum absolute atomic E-state index is 0.141. The lowest BCUT2D eigenvalue weighted by molar-refractivity contribution is 0.0966. The maximum atomic E-state index is 11.6. The minimum Gasteiger partial charge on any atom is -0.481 e. The molecule has 4 nitrogen and oxygen atoms in total.